The lowest BCUT2D eigenvalue weighted by atomic mass is 9.92. The molecule has 0 radical (unpaired) electrons. The number of hydrogen-bond donors (Lipinski definition) is 2. The van der Waals surface area contributed by atoms with Gasteiger partial charge in [-0.3, -0.25) is 9.78 Å². The van der Waals surface area contributed by atoms with Crippen LogP contribution in [0.3, 0.4) is 0 Å². The lowest BCUT2D eigenvalue weighted by Crippen LogP contribution is -2.53. The minimum Gasteiger partial charge on any atom is -0.480 e. The maximum atomic E-state index is 11.9. The third-order valence-corrected chi connectivity index (χ3v) is 3.33. The van der Waals surface area contributed by atoms with Gasteiger partial charge in [-0.15, -0.1) is 0 Å². The van der Waals surface area contributed by atoms with Gasteiger partial charge in [0.15, 0.2) is 0 Å². The highest BCUT2D eigenvalue weighted by Gasteiger charge is 2.36. The molecule has 0 bridgehead atoms. The number of aromatic nitrogens is 1. The highest BCUT2D eigenvalue weighted by molar-refractivity contribution is 5.87. The Labute approximate surface area is 113 Å². The number of amides is 1. The predicted octanol–water partition coefficient (Wildman–Crippen LogP) is 1.77. The molecule has 2 N–H and O–H groups in total. The zero-order valence-electron chi connectivity index (χ0n) is 11.3. The van der Waals surface area contributed by atoms with E-state index >= 15 is 0 Å². The smallest absolute Gasteiger partial charge is 0.329 e. The molecule has 0 saturated carbocycles. The first-order valence-electron chi connectivity index (χ1n) is 6.48. The number of carboxylic acids is 1. The SMILES string of the molecule is CCC(CC)(NC(=O)CCc1ccccn1)C(=O)O. The van der Waals surface area contributed by atoms with Gasteiger partial charge >= 0.3 is 5.97 Å². The van der Waals surface area contributed by atoms with Gasteiger partial charge in [-0.05, 0) is 31.4 Å². The number of aliphatic carboxylic acids is 1. The zero-order valence-corrected chi connectivity index (χ0v) is 11.3. The largest absolute Gasteiger partial charge is 0.480 e. The number of rotatable bonds is 7. The number of carbonyl (C=O) groups is 2. The number of aryl methyl sites for hydroxylation is 1. The summed E-state index contributed by atoms with van der Waals surface area (Å²) >= 11 is 0. The van der Waals surface area contributed by atoms with E-state index in [0.717, 1.165) is 5.69 Å². The molecule has 0 aromatic carbocycles. The van der Waals surface area contributed by atoms with E-state index in [-0.39, 0.29) is 12.3 Å². The standard InChI is InChI=1S/C14H20N2O3/c1-3-14(4-2,13(18)19)16-12(17)9-8-11-7-5-6-10-15-11/h5-7,10H,3-4,8-9H2,1-2H3,(H,16,17)(H,18,19). The Kier molecular flexibility index (Phi) is 5.48. The molecular formula is C14H20N2O3. The van der Waals surface area contributed by atoms with Crippen molar-refractivity contribution in [3.8, 4) is 0 Å². The monoisotopic (exact) mass is 264 g/mol. The quantitative estimate of drug-likeness (QED) is 0.786. The molecule has 104 valence electrons. The van der Waals surface area contributed by atoms with Gasteiger partial charge in [-0.2, -0.15) is 0 Å². The molecular weight excluding hydrogens is 244 g/mol. The first-order chi connectivity index (χ1) is 9.04. The summed E-state index contributed by atoms with van der Waals surface area (Å²) in [6.07, 6.45) is 3.16. The van der Waals surface area contributed by atoms with E-state index in [9.17, 15) is 14.7 Å². The number of hydrogen-bond acceptors (Lipinski definition) is 3. The molecule has 0 atom stereocenters. The van der Waals surface area contributed by atoms with E-state index in [1.807, 2.05) is 18.2 Å². The summed E-state index contributed by atoms with van der Waals surface area (Å²) in [6.45, 7) is 3.52. The Morgan fingerprint density at radius 1 is 1.32 bits per heavy atom. The highest BCUT2D eigenvalue weighted by atomic mass is 16.4. The van der Waals surface area contributed by atoms with E-state index < -0.39 is 11.5 Å². The van der Waals surface area contributed by atoms with Gasteiger partial charge in [-0.1, -0.05) is 19.9 Å². The molecule has 5 nitrogen and oxygen atoms in total. The minimum absolute atomic E-state index is 0.242. The van der Waals surface area contributed by atoms with E-state index in [1.54, 1.807) is 20.0 Å². The summed E-state index contributed by atoms with van der Waals surface area (Å²) < 4.78 is 0. The van der Waals surface area contributed by atoms with Gasteiger partial charge in [0, 0.05) is 18.3 Å². The van der Waals surface area contributed by atoms with Crippen molar-refractivity contribution in [1.82, 2.24) is 10.3 Å². The van der Waals surface area contributed by atoms with Crippen LogP contribution in [0.4, 0.5) is 0 Å². The molecule has 1 heterocycles. The lowest BCUT2D eigenvalue weighted by molar-refractivity contribution is -0.148. The molecule has 0 spiro atoms. The van der Waals surface area contributed by atoms with Crippen LogP contribution in [0, 0.1) is 0 Å². The number of carboxylic acid groups (broad SMARTS) is 1. The topological polar surface area (TPSA) is 79.3 Å². The summed E-state index contributed by atoms with van der Waals surface area (Å²) in [5.41, 5.74) is -0.326. The van der Waals surface area contributed by atoms with Gasteiger partial charge in [0.05, 0.1) is 0 Å². The van der Waals surface area contributed by atoms with E-state index in [2.05, 4.69) is 10.3 Å². The summed E-state index contributed by atoms with van der Waals surface area (Å²) in [6, 6.07) is 5.52. The van der Waals surface area contributed by atoms with Crippen LogP contribution in [-0.4, -0.2) is 27.5 Å². The molecule has 19 heavy (non-hydrogen) atoms. The van der Waals surface area contributed by atoms with Crippen LogP contribution in [0.5, 0.6) is 0 Å². The van der Waals surface area contributed by atoms with Crippen molar-refractivity contribution in [3.63, 3.8) is 0 Å². The summed E-state index contributed by atoms with van der Waals surface area (Å²) in [4.78, 5) is 27.2. The normalized spacial score (nSPS) is 11.1. The van der Waals surface area contributed by atoms with Crippen molar-refractivity contribution in [1.29, 1.82) is 0 Å². The zero-order chi connectivity index (χ0) is 14.3. The fraction of sp³-hybridized carbons (Fsp3) is 0.500. The fourth-order valence-corrected chi connectivity index (χ4v) is 1.90. The third kappa shape index (κ3) is 4.05. The first kappa shape index (κ1) is 15.1. The van der Waals surface area contributed by atoms with Crippen LogP contribution < -0.4 is 5.32 Å². The fourth-order valence-electron chi connectivity index (χ4n) is 1.90. The van der Waals surface area contributed by atoms with Gasteiger partial charge in [0.1, 0.15) is 5.54 Å². The summed E-state index contributed by atoms with van der Waals surface area (Å²) in [5.74, 6) is -1.24. The van der Waals surface area contributed by atoms with Crippen LogP contribution in [0.2, 0.25) is 0 Å². The number of pyridine rings is 1. The molecule has 0 saturated heterocycles. The van der Waals surface area contributed by atoms with Crippen molar-refractivity contribution in [3.05, 3.63) is 30.1 Å². The Bertz CT molecular complexity index is 428. The molecule has 0 aliphatic carbocycles. The summed E-state index contributed by atoms with van der Waals surface area (Å²) in [7, 11) is 0. The minimum atomic E-state index is -1.15. The Morgan fingerprint density at radius 3 is 2.47 bits per heavy atom. The first-order valence-corrected chi connectivity index (χ1v) is 6.48. The van der Waals surface area contributed by atoms with Crippen molar-refractivity contribution >= 4 is 11.9 Å². The molecule has 1 aromatic heterocycles. The average molecular weight is 264 g/mol. The van der Waals surface area contributed by atoms with Crippen LogP contribution in [-0.2, 0) is 16.0 Å². The van der Waals surface area contributed by atoms with Crippen LogP contribution in [0.15, 0.2) is 24.4 Å². The maximum Gasteiger partial charge on any atom is 0.329 e. The van der Waals surface area contributed by atoms with Crippen molar-refractivity contribution < 1.29 is 14.7 Å². The van der Waals surface area contributed by atoms with Gasteiger partial charge in [-0.25, -0.2) is 4.79 Å². The van der Waals surface area contributed by atoms with Gasteiger partial charge < -0.3 is 10.4 Å². The van der Waals surface area contributed by atoms with E-state index in [0.29, 0.717) is 19.3 Å². The van der Waals surface area contributed by atoms with Crippen LogP contribution in [0.1, 0.15) is 38.8 Å². The second kappa shape index (κ2) is 6.87. The molecule has 1 rings (SSSR count). The Balaban J connectivity index is 2.57. The molecule has 1 amide bonds. The van der Waals surface area contributed by atoms with E-state index in [1.165, 1.54) is 0 Å². The Morgan fingerprint density at radius 2 is 2.00 bits per heavy atom. The molecule has 0 aliphatic rings. The average Bonchev–Trinajstić information content (AvgIpc) is 2.43. The van der Waals surface area contributed by atoms with Crippen LogP contribution in [0.25, 0.3) is 0 Å². The number of nitrogens with zero attached hydrogens (tertiary/aromatic N) is 1. The lowest BCUT2D eigenvalue weighted by Gasteiger charge is -2.28. The highest BCUT2D eigenvalue weighted by Crippen LogP contribution is 2.15. The number of carbonyl (C=O) groups excluding carboxylic acids is 1. The molecule has 0 unspecified atom stereocenters. The molecule has 0 fully saturated rings. The maximum absolute atomic E-state index is 11.9. The molecule has 5 heteroatoms. The number of nitrogens with one attached hydrogen (secondary N) is 1. The summed E-state index contributed by atoms with van der Waals surface area (Å²) in [5, 5.41) is 11.9. The van der Waals surface area contributed by atoms with Gasteiger partial charge in [0.2, 0.25) is 5.91 Å². The Hall–Kier alpha value is -1.91. The van der Waals surface area contributed by atoms with Crippen molar-refractivity contribution in [2.24, 2.45) is 0 Å². The predicted molar refractivity (Wildman–Crippen MR) is 71.6 cm³/mol. The van der Waals surface area contributed by atoms with Crippen LogP contribution >= 0.6 is 0 Å². The molecule has 1 aromatic rings. The third-order valence-electron chi connectivity index (χ3n) is 3.33. The van der Waals surface area contributed by atoms with Gasteiger partial charge in [0.25, 0.3) is 0 Å². The second-order valence-electron chi connectivity index (χ2n) is 4.46. The van der Waals surface area contributed by atoms with E-state index in [4.69, 9.17) is 0 Å². The second-order valence-corrected chi connectivity index (χ2v) is 4.46. The molecule has 0 aliphatic heterocycles. The van der Waals surface area contributed by atoms with Crippen molar-refractivity contribution in [2.75, 3.05) is 0 Å². The van der Waals surface area contributed by atoms with Crippen molar-refractivity contribution in [2.45, 2.75) is 45.1 Å².